The molecule has 32 heavy (non-hydrogen) atoms. The maximum absolute atomic E-state index is 11.8. The number of ether oxygens (including phenoxy) is 3. The molecule has 0 spiro atoms. The van der Waals surface area contributed by atoms with Crippen LogP contribution in [-0.4, -0.2) is 50.5 Å². The number of amides is 2. The first-order valence-electron chi connectivity index (χ1n) is 10.0. The predicted octanol–water partition coefficient (Wildman–Crippen LogP) is 3.20. The van der Waals surface area contributed by atoms with Gasteiger partial charge in [0.05, 0.1) is 17.3 Å². The molecule has 2 aromatic rings. The second-order valence-corrected chi connectivity index (χ2v) is 7.80. The summed E-state index contributed by atoms with van der Waals surface area (Å²) in [5.41, 5.74) is 3.10. The van der Waals surface area contributed by atoms with Crippen LogP contribution in [0.3, 0.4) is 0 Å². The minimum atomic E-state index is -0.443. The fourth-order valence-electron chi connectivity index (χ4n) is 2.83. The molecule has 2 amide bonds. The van der Waals surface area contributed by atoms with Crippen LogP contribution in [0.15, 0.2) is 47.6 Å². The molecular weight excluding hydrogens is 457 g/mol. The molecule has 0 aromatic heterocycles. The lowest BCUT2D eigenvalue weighted by Gasteiger charge is -2.11. The molecule has 0 aliphatic carbocycles. The third-order valence-electron chi connectivity index (χ3n) is 4.46. The lowest BCUT2D eigenvalue weighted by atomic mass is 10.2. The minimum absolute atomic E-state index is 0.0755. The fourth-order valence-corrected chi connectivity index (χ4v) is 3.29. The van der Waals surface area contributed by atoms with E-state index in [4.69, 9.17) is 37.4 Å². The van der Waals surface area contributed by atoms with Gasteiger partial charge in [-0.15, -0.1) is 0 Å². The normalized spacial score (nSPS) is 15.5. The Labute approximate surface area is 195 Å². The molecule has 3 rings (SSSR count). The Morgan fingerprint density at radius 3 is 2.59 bits per heavy atom. The molecule has 8 nitrogen and oxygen atoms in total. The Hall–Kier alpha value is -2.81. The van der Waals surface area contributed by atoms with Gasteiger partial charge in [-0.3, -0.25) is 9.59 Å². The topological polar surface area (TPSA) is 98.2 Å². The quantitative estimate of drug-likeness (QED) is 0.402. The van der Waals surface area contributed by atoms with E-state index in [-0.39, 0.29) is 25.2 Å². The van der Waals surface area contributed by atoms with Gasteiger partial charge in [-0.05, 0) is 60.9 Å². The van der Waals surface area contributed by atoms with Crippen molar-refractivity contribution in [3.8, 4) is 11.5 Å². The minimum Gasteiger partial charge on any atom is -0.484 e. The third-order valence-corrected chi connectivity index (χ3v) is 4.99. The van der Waals surface area contributed by atoms with Crippen molar-refractivity contribution < 1.29 is 23.8 Å². The molecule has 1 atom stereocenters. The molecular formula is C22H23Cl2N3O5. The summed E-state index contributed by atoms with van der Waals surface area (Å²) >= 11 is 11.8. The monoisotopic (exact) mass is 479 g/mol. The molecule has 0 radical (unpaired) electrons. The van der Waals surface area contributed by atoms with Gasteiger partial charge in [0.25, 0.3) is 11.8 Å². The summed E-state index contributed by atoms with van der Waals surface area (Å²) in [6.07, 6.45) is 3.57. The first-order chi connectivity index (χ1) is 15.5. The Balaban J connectivity index is 1.35. The van der Waals surface area contributed by atoms with Crippen LogP contribution in [0.5, 0.6) is 11.5 Å². The van der Waals surface area contributed by atoms with Crippen LogP contribution in [0.2, 0.25) is 10.0 Å². The Morgan fingerprint density at radius 1 is 1.09 bits per heavy atom. The summed E-state index contributed by atoms with van der Waals surface area (Å²) < 4.78 is 16.3. The summed E-state index contributed by atoms with van der Waals surface area (Å²) in [6.45, 7) is 0.928. The van der Waals surface area contributed by atoms with E-state index >= 15 is 0 Å². The van der Waals surface area contributed by atoms with Gasteiger partial charge in [-0.2, -0.15) is 5.10 Å². The highest BCUT2D eigenvalue weighted by Crippen LogP contribution is 2.27. The smallest absolute Gasteiger partial charge is 0.277 e. The molecule has 1 aliphatic heterocycles. The van der Waals surface area contributed by atoms with E-state index in [2.05, 4.69) is 15.8 Å². The summed E-state index contributed by atoms with van der Waals surface area (Å²) in [5.74, 6) is 0.259. The Morgan fingerprint density at radius 2 is 1.88 bits per heavy atom. The number of nitrogens with zero attached hydrogens (tertiary/aromatic N) is 1. The summed E-state index contributed by atoms with van der Waals surface area (Å²) in [7, 11) is 0. The molecule has 1 aliphatic rings. The maximum atomic E-state index is 11.8. The van der Waals surface area contributed by atoms with Gasteiger partial charge in [-0.25, -0.2) is 5.43 Å². The zero-order chi connectivity index (χ0) is 22.8. The van der Waals surface area contributed by atoms with Gasteiger partial charge >= 0.3 is 0 Å². The number of hydrogen-bond acceptors (Lipinski definition) is 6. The van der Waals surface area contributed by atoms with Gasteiger partial charge in [0.1, 0.15) is 11.5 Å². The van der Waals surface area contributed by atoms with E-state index in [1.165, 1.54) is 12.3 Å². The average molecular weight is 480 g/mol. The molecule has 0 bridgehead atoms. The van der Waals surface area contributed by atoms with Crippen LogP contribution >= 0.6 is 23.2 Å². The molecule has 10 heteroatoms. The molecule has 2 aromatic carbocycles. The molecule has 1 heterocycles. The molecule has 170 valence electrons. The van der Waals surface area contributed by atoms with Crippen LogP contribution in [0.1, 0.15) is 18.4 Å². The van der Waals surface area contributed by atoms with Crippen molar-refractivity contribution in [3.63, 3.8) is 0 Å². The van der Waals surface area contributed by atoms with E-state index in [9.17, 15) is 9.59 Å². The number of hydrogen-bond donors (Lipinski definition) is 2. The van der Waals surface area contributed by atoms with Crippen LogP contribution < -0.4 is 20.2 Å². The van der Waals surface area contributed by atoms with Gasteiger partial charge < -0.3 is 19.5 Å². The fraction of sp³-hybridized carbons (Fsp3) is 0.318. The van der Waals surface area contributed by atoms with Crippen molar-refractivity contribution in [2.75, 3.05) is 26.4 Å². The summed E-state index contributed by atoms with van der Waals surface area (Å²) in [6, 6.07) is 11.6. The second-order valence-electron chi connectivity index (χ2n) is 6.95. The van der Waals surface area contributed by atoms with Crippen molar-refractivity contribution in [2.24, 2.45) is 5.10 Å². The van der Waals surface area contributed by atoms with E-state index in [0.717, 1.165) is 25.0 Å². The number of nitrogens with one attached hydrogen (secondary N) is 2. The lowest BCUT2D eigenvalue weighted by molar-refractivity contribution is -0.124. The average Bonchev–Trinajstić information content (AvgIpc) is 3.30. The van der Waals surface area contributed by atoms with Crippen LogP contribution in [0.25, 0.3) is 0 Å². The van der Waals surface area contributed by atoms with Crippen LogP contribution in [-0.2, 0) is 14.3 Å². The number of rotatable bonds is 10. The van der Waals surface area contributed by atoms with E-state index in [1.54, 1.807) is 36.4 Å². The van der Waals surface area contributed by atoms with Gasteiger partial charge in [0.15, 0.2) is 13.2 Å². The number of halogens is 2. The SMILES string of the molecule is O=C(COc1ccc(C=NNC(=O)COc2ccc(Cl)cc2Cl)cc1)NC[C@H]1CCCO1. The van der Waals surface area contributed by atoms with Gasteiger partial charge in [0.2, 0.25) is 0 Å². The number of carbonyl (C=O) groups excluding carboxylic acids is 2. The van der Waals surface area contributed by atoms with Crippen molar-refractivity contribution in [2.45, 2.75) is 18.9 Å². The zero-order valence-electron chi connectivity index (χ0n) is 17.2. The third kappa shape index (κ3) is 8.03. The lowest BCUT2D eigenvalue weighted by Crippen LogP contribution is -2.35. The van der Waals surface area contributed by atoms with Crippen molar-refractivity contribution >= 4 is 41.2 Å². The number of carbonyl (C=O) groups is 2. The van der Waals surface area contributed by atoms with E-state index < -0.39 is 5.91 Å². The zero-order valence-corrected chi connectivity index (χ0v) is 18.7. The second kappa shape index (κ2) is 12.3. The number of hydrazone groups is 1. The highest BCUT2D eigenvalue weighted by Gasteiger charge is 2.16. The molecule has 2 N–H and O–H groups in total. The van der Waals surface area contributed by atoms with Gasteiger partial charge in [-0.1, -0.05) is 23.2 Å². The largest absolute Gasteiger partial charge is 0.484 e. The maximum Gasteiger partial charge on any atom is 0.277 e. The summed E-state index contributed by atoms with van der Waals surface area (Å²) in [5, 5.41) is 7.47. The highest BCUT2D eigenvalue weighted by molar-refractivity contribution is 6.35. The molecule has 1 fully saturated rings. The first kappa shape index (κ1) is 23.8. The summed E-state index contributed by atoms with van der Waals surface area (Å²) in [4.78, 5) is 23.7. The van der Waals surface area contributed by atoms with Crippen molar-refractivity contribution in [3.05, 3.63) is 58.1 Å². The Bertz CT molecular complexity index is 947. The van der Waals surface area contributed by atoms with E-state index in [0.29, 0.717) is 28.1 Å². The first-order valence-corrected chi connectivity index (χ1v) is 10.8. The predicted molar refractivity (Wildman–Crippen MR) is 122 cm³/mol. The Kier molecular flexibility index (Phi) is 9.15. The van der Waals surface area contributed by atoms with Crippen molar-refractivity contribution in [1.82, 2.24) is 10.7 Å². The van der Waals surface area contributed by atoms with Crippen LogP contribution in [0.4, 0.5) is 0 Å². The van der Waals surface area contributed by atoms with Crippen LogP contribution in [0, 0.1) is 0 Å². The number of benzene rings is 2. The van der Waals surface area contributed by atoms with Crippen molar-refractivity contribution in [1.29, 1.82) is 0 Å². The molecule has 0 unspecified atom stereocenters. The standard InChI is InChI=1S/C22H23Cl2N3O5/c23-16-5-8-20(19(24)10-16)32-14-22(29)27-26-11-15-3-6-17(7-4-15)31-13-21(28)25-12-18-2-1-9-30-18/h3-8,10-11,18H,1-2,9,12-14H2,(H,25,28)(H,27,29)/t18-/m1/s1. The molecule has 1 saturated heterocycles. The highest BCUT2D eigenvalue weighted by atomic mass is 35.5. The van der Waals surface area contributed by atoms with Gasteiger partial charge in [0, 0.05) is 18.2 Å². The molecule has 0 saturated carbocycles. The van der Waals surface area contributed by atoms with E-state index in [1.807, 2.05) is 0 Å².